The summed E-state index contributed by atoms with van der Waals surface area (Å²) in [4.78, 5) is 2.85. The van der Waals surface area contributed by atoms with Crippen molar-refractivity contribution in [2.75, 3.05) is 0 Å². The van der Waals surface area contributed by atoms with E-state index < -0.39 is 0 Å². The van der Waals surface area contributed by atoms with Crippen LogP contribution in [0.1, 0.15) is 94.9 Å². The summed E-state index contributed by atoms with van der Waals surface area (Å²) < 4.78 is 0. The SMILES string of the molecule is CCC(C)(CC)N(C(C)C)C(C)(CC(C)C)CC(C)C. The lowest BCUT2D eigenvalue weighted by atomic mass is 9.76. The molecule has 0 amide bonds. The molecule has 0 radical (unpaired) electrons. The summed E-state index contributed by atoms with van der Waals surface area (Å²) in [5.74, 6) is 1.50. The predicted octanol–water partition coefficient (Wildman–Crippen LogP) is 6.13. The highest BCUT2D eigenvalue weighted by Crippen LogP contribution is 2.40. The van der Waals surface area contributed by atoms with Crippen molar-refractivity contribution in [3.63, 3.8) is 0 Å². The lowest BCUT2D eigenvalue weighted by Gasteiger charge is -2.55. The fraction of sp³-hybridized carbons (Fsp3) is 1.00. The Hall–Kier alpha value is -0.0400. The van der Waals surface area contributed by atoms with Gasteiger partial charge in [-0.25, -0.2) is 0 Å². The molecule has 0 aliphatic heterocycles. The van der Waals surface area contributed by atoms with E-state index in [9.17, 15) is 0 Å². The van der Waals surface area contributed by atoms with E-state index >= 15 is 0 Å². The van der Waals surface area contributed by atoms with Gasteiger partial charge < -0.3 is 0 Å². The number of rotatable bonds is 9. The van der Waals surface area contributed by atoms with Gasteiger partial charge in [0.1, 0.15) is 0 Å². The van der Waals surface area contributed by atoms with Crippen LogP contribution in [0.4, 0.5) is 0 Å². The summed E-state index contributed by atoms with van der Waals surface area (Å²) >= 11 is 0. The maximum Gasteiger partial charge on any atom is 0.0194 e. The number of hydrogen-bond donors (Lipinski definition) is 0. The third kappa shape index (κ3) is 5.06. The van der Waals surface area contributed by atoms with Gasteiger partial charge in [0.2, 0.25) is 0 Å². The fourth-order valence-corrected chi connectivity index (χ4v) is 4.53. The van der Waals surface area contributed by atoms with E-state index in [1.807, 2.05) is 0 Å². The summed E-state index contributed by atoms with van der Waals surface area (Å²) in [5, 5.41) is 0. The van der Waals surface area contributed by atoms with Crippen molar-refractivity contribution in [3.8, 4) is 0 Å². The van der Waals surface area contributed by atoms with E-state index in [0.29, 0.717) is 17.1 Å². The minimum atomic E-state index is 0.303. The normalized spacial score (nSPS) is 14.1. The molecular formula is C19H41N. The number of nitrogens with zero attached hydrogens (tertiary/aromatic N) is 1. The van der Waals surface area contributed by atoms with Crippen LogP contribution in [0.3, 0.4) is 0 Å². The smallest absolute Gasteiger partial charge is 0.0194 e. The molecule has 0 saturated carbocycles. The average Bonchev–Trinajstić information content (AvgIpc) is 2.25. The Bertz CT molecular complexity index is 251. The van der Waals surface area contributed by atoms with Gasteiger partial charge in [-0.15, -0.1) is 0 Å². The molecule has 0 unspecified atom stereocenters. The van der Waals surface area contributed by atoms with Crippen molar-refractivity contribution in [1.29, 1.82) is 0 Å². The first-order valence-corrected chi connectivity index (χ1v) is 8.81. The molecule has 0 heterocycles. The Morgan fingerprint density at radius 2 is 1.05 bits per heavy atom. The molecule has 122 valence electrons. The van der Waals surface area contributed by atoms with E-state index in [2.05, 4.69) is 74.1 Å². The van der Waals surface area contributed by atoms with Gasteiger partial charge in [-0.1, -0.05) is 41.5 Å². The van der Waals surface area contributed by atoms with Crippen LogP contribution in [-0.4, -0.2) is 22.0 Å². The highest BCUT2D eigenvalue weighted by atomic mass is 15.3. The molecule has 1 heteroatoms. The Morgan fingerprint density at radius 3 is 1.25 bits per heavy atom. The standard InChI is InChI=1S/C19H41N/c1-11-18(9,12-2)20(17(7)8)19(10,13-15(3)4)14-16(5)6/h15-17H,11-14H2,1-10H3. The molecule has 0 rings (SSSR count). The van der Waals surface area contributed by atoms with Crippen LogP contribution in [0, 0.1) is 11.8 Å². The van der Waals surface area contributed by atoms with Crippen molar-refractivity contribution < 1.29 is 0 Å². The molecule has 0 spiro atoms. The zero-order valence-corrected chi connectivity index (χ0v) is 16.0. The van der Waals surface area contributed by atoms with E-state index in [4.69, 9.17) is 0 Å². The van der Waals surface area contributed by atoms with Crippen LogP contribution in [0.2, 0.25) is 0 Å². The summed E-state index contributed by atoms with van der Waals surface area (Å²) in [5.41, 5.74) is 0.615. The zero-order valence-electron chi connectivity index (χ0n) is 16.0. The van der Waals surface area contributed by atoms with Crippen molar-refractivity contribution in [2.24, 2.45) is 11.8 Å². The largest absolute Gasteiger partial charge is 0.290 e. The van der Waals surface area contributed by atoms with Gasteiger partial charge in [-0.2, -0.15) is 0 Å². The van der Waals surface area contributed by atoms with Crippen LogP contribution < -0.4 is 0 Å². The van der Waals surface area contributed by atoms with Crippen LogP contribution in [0.15, 0.2) is 0 Å². The summed E-state index contributed by atoms with van der Waals surface area (Å²) in [6.45, 7) is 23.9. The summed E-state index contributed by atoms with van der Waals surface area (Å²) in [6, 6.07) is 0.599. The molecule has 0 aliphatic rings. The minimum absolute atomic E-state index is 0.303. The number of hydrogen-bond acceptors (Lipinski definition) is 1. The summed E-state index contributed by atoms with van der Waals surface area (Å²) in [7, 11) is 0. The van der Waals surface area contributed by atoms with E-state index in [1.165, 1.54) is 25.7 Å². The van der Waals surface area contributed by atoms with Gasteiger partial charge in [0.15, 0.2) is 0 Å². The first-order valence-electron chi connectivity index (χ1n) is 8.81. The van der Waals surface area contributed by atoms with Crippen LogP contribution in [-0.2, 0) is 0 Å². The molecular weight excluding hydrogens is 242 g/mol. The predicted molar refractivity (Wildman–Crippen MR) is 93.3 cm³/mol. The van der Waals surface area contributed by atoms with Gasteiger partial charge in [-0.05, 0) is 65.2 Å². The Morgan fingerprint density at radius 1 is 0.700 bits per heavy atom. The molecule has 0 aliphatic carbocycles. The van der Waals surface area contributed by atoms with E-state index in [0.717, 1.165) is 11.8 Å². The van der Waals surface area contributed by atoms with Gasteiger partial charge in [0, 0.05) is 17.1 Å². The van der Waals surface area contributed by atoms with E-state index in [1.54, 1.807) is 0 Å². The Labute approximate surface area is 129 Å². The third-order valence-corrected chi connectivity index (χ3v) is 4.90. The fourth-order valence-electron chi connectivity index (χ4n) is 4.53. The van der Waals surface area contributed by atoms with Crippen LogP contribution in [0.25, 0.3) is 0 Å². The lowest BCUT2D eigenvalue weighted by Crippen LogP contribution is -2.61. The maximum absolute atomic E-state index is 2.85. The first-order chi connectivity index (χ1) is 9.02. The Balaban J connectivity index is 5.64. The van der Waals surface area contributed by atoms with Gasteiger partial charge in [-0.3, -0.25) is 4.90 Å². The molecule has 0 fully saturated rings. The van der Waals surface area contributed by atoms with Gasteiger partial charge >= 0.3 is 0 Å². The molecule has 20 heavy (non-hydrogen) atoms. The van der Waals surface area contributed by atoms with Crippen LogP contribution >= 0.6 is 0 Å². The molecule has 0 bridgehead atoms. The molecule has 0 aromatic carbocycles. The second-order valence-corrected chi connectivity index (χ2v) is 8.36. The van der Waals surface area contributed by atoms with Crippen molar-refractivity contribution in [2.45, 2.75) is 112 Å². The van der Waals surface area contributed by atoms with Gasteiger partial charge in [0.25, 0.3) is 0 Å². The molecule has 0 saturated heterocycles. The monoisotopic (exact) mass is 283 g/mol. The molecule has 1 nitrogen and oxygen atoms in total. The first kappa shape index (κ1) is 20.0. The maximum atomic E-state index is 2.85. The molecule has 0 N–H and O–H groups in total. The van der Waals surface area contributed by atoms with Gasteiger partial charge in [0.05, 0.1) is 0 Å². The lowest BCUT2D eigenvalue weighted by molar-refractivity contribution is -0.0560. The summed E-state index contributed by atoms with van der Waals surface area (Å²) in [6.07, 6.45) is 5.04. The van der Waals surface area contributed by atoms with Crippen molar-refractivity contribution >= 4 is 0 Å². The quantitative estimate of drug-likeness (QED) is 0.492. The second kappa shape index (κ2) is 7.82. The molecule has 0 aromatic rings. The minimum Gasteiger partial charge on any atom is -0.290 e. The average molecular weight is 284 g/mol. The topological polar surface area (TPSA) is 3.24 Å². The van der Waals surface area contributed by atoms with E-state index in [-0.39, 0.29) is 0 Å². The second-order valence-electron chi connectivity index (χ2n) is 8.36. The highest BCUT2D eigenvalue weighted by Gasteiger charge is 2.43. The Kier molecular flexibility index (Phi) is 7.81. The van der Waals surface area contributed by atoms with Crippen molar-refractivity contribution in [1.82, 2.24) is 4.90 Å². The molecule has 0 aromatic heterocycles. The molecule has 0 atom stereocenters. The van der Waals surface area contributed by atoms with Crippen LogP contribution in [0.5, 0.6) is 0 Å². The van der Waals surface area contributed by atoms with Crippen molar-refractivity contribution in [3.05, 3.63) is 0 Å². The highest BCUT2D eigenvalue weighted by molar-refractivity contribution is 4.98. The zero-order chi connectivity index (χ0) is 16.1. The third-order valence-electron chi connectivity index (χ3n) is 4.90.